The number of carbonyl (C=O) groups excluding carboxylic acids is 3. The molecule has 9 nitrogen and oxygen atoms in total. The van der Waals surface area contributed by atoms with Crippen LogP contribution in [0.4, 0.5) is 0 Å². The molecule has 3 aliphatic rings. The number of phenols is 1. The van der Waals surface area contributed by atoms with Crippen molar-refractivity contribution in [1.82, 2.24) is 4.72 Å². The Hall–Kier alpha value is -2.98. The zero-order valence-corrected chi connectivity index (χ0v) is 18.5. The highest BCUT2D eigenvalue weighted by Crippen LogP contribution is 2.51. The van der Waals surface area contributed by atoms with Crippen LogP contribution in [-0.2, 0) is 32.6 Å². The molecule has 0 saturated carbocycles. The van der Waals surface area contributed by atoms with E-state index >= 15 is 0 Å². The molecule has 0 spiro atoms. The van der Waals surface area contributed by atoms with Crippen molar-refractivity contribution in [3.05, 3.63) is 51.3 Å². The number of hydrogen-bond acceptors (Lipinski definition) is 7. The van der Waals surface area contributed by atoms with Crippen LogP contribution in [0.5, 0.6) is 5.75 Å². The van der Waals surface area contributed by atoms with Gasteiger partial charge in [-0.15, -0.1) is 0 Å². The average Bonchev–Trinajstić information content (AvgIpc) is 2.65. The first-order valence-electron chi connectivity index (χ1n) is 10.2. The predicted molar refractivity (Wildman–Crippen MR) is 114 cm³/mol. The second kappa shape index (κ2) is 7.56. The number of nitrogens with two attached hydrogens (primary N) is 1. The number of ketones is 2. The Labute approximate surface area is 185 Å². The SMILES string of the molecule is CC1=C2C(=O)c3c(O)ccc(CNS(C)(=O)=O)c3C[C@H]2C[C@H]2CC(=O)C(C(N)=O)=C(O)C12. The van der Waals surface area contributed by atoms with E-state index in [2.05, 4.69) is 4.72 Å². The van der Waals surface area contributed by atoms with Gasteiger partial charge in [0.1, 0.15) is 17.1 Å². The van der Waals surface area contributed by atoms with Gasteiger partial charge in [0.2, 0.25) is 10.0 Å². The Balaban J connectivity index is 1.83. The monoisotopic (exact) mass is 460 g/mol. The van der Waals surface area contributed by atoms with Crippen molar-refractivity contribution in [3.8, 4) is 5.75 Å². The van der Waals surface area contributed by atoms with E-state index in [9.17, 15) is 33.0 Å². The Morgan fingerprint density at radius 2 is 1.91 bits per heavy atom. The maximum Gasteiger partial charge on any atom is 0.255 e. The Morgan fingerprint density at radius 3 is 2.53 bits per heavy atom. The Bertz CT molecular complexity index is 1240. The van der Waals surface area contributed by atoms with E-state index in [1.807, 2.05) is 0 Å². The number of nitrogens with one attached hydrogen (secondary N) is 1. The lowest BCUT2D eigenvalue weighted by Crippen LogP contribution is -2.41. The zero-order chi connectivity index (χ0) is 23.5. The summed E-state index contributed by atoms with van der Waals surface area (Å²) in [5, 5.41) is 21.1. The highest BCUT2D eigenvalue weighted by Gasteiger charge is 2.47. The minimum atomic E-state index is -3.46. The third-order valence-electron chi connectivity index (χ3n) is 6.72. The number of Topliss-reactive ketones (excluding diaryl/α,β-unsaturated/α-hetero) is 2. The highest BCUT2D eigenvalue weighted by molar-refractivity contribution is 7.88. The largest absolute Gasteiger partial charge is 0.511 e. The van der Waals surface area contributed by atoms with Crippen molar-refractivity contribution >= 4 is 27.5 Å². The molecular weight excluding hydrogens is 436 g/mol. The summed E-state index contributed by atoms with van der Waals surface area (Å²) in [6, 6.07) is 2.95. The number of hydrogen-bond donors (Lipinski definition) is 4. The smallest absolute Gasteiger partial charge is 0.255 e. The molecular formula is C22H24N2O7S. The van der Waals surface area contributed by atoms with Gasteiger partial charge in [0.15, 0.2) is 11.6 Å². The van der Waals surface area contributed by atoms with Gasteiger partial charge >= 0.3 is 0 Å². The maximum absolute atomic E-state index is 13.5. The van der Waals surface area contributed by atoms with Crippen LogP contribution in [-0.4, -0.2) is 42.4 Å². The third-order valence-corrected chi connectivity index (χ3v) is 7.39. The van der Waals surface area contributed by atoms with Crippen LogP contribution in [0.2, 0.25) is 0 Å². The van der Waals surface area contributed by atoms with Gasteiger partial charge in [-0.1, -0.05) is 11.6 Å². The first kappa shape index (κ1) is 22.2. The van der Waals surface area contributed by atoms with E-state index in [-0.39, 0.29) is 36.1 Å². The van der Waals surface area contributed by atoms with Crippen molar-refractivity contribution in [3.63, 3.8) is 0 Å². The number of allylic oxidation sites excluding steroid dienone is 2. The van der Waals surface area contributed by atoms with E-state index in [1.54, 1.807) is 13.0 Å². The molecule has 170 valence electrons. The van der Waals surface area contributed by atoms with E-state index < -0.39 is 44.7 Å². The summed E-state index contributed by atoms with van der Waals surface area (Å²) in [6.45, 7) is 1.67. The first-order valence-corrected chi connectivity index (χ1v) is 12.1. The molecule has 0 heterocycles. The van der Waals surface area contributed by atoms with Crippen LogP contribution in [0.1, 0.15) is 41.3 Å². The van der Waals surface area contributed by atoms with Gasteiger partial charge < -0.3 is 15.9 Å². The Kier molecular flexibility index (Phi) is 5.25. The number of sulfonamides is 1. The van der Waals surface area contributed by atoms with Gasteiger partial charge in [0.25, 0.3) is 5.91 Å². The molecule has 1 unspecified atom stereocenters. The number of carbonyl (C=O) groups is 3. The number of primary amides is 1. The summed E-state index contributed by atoms with van der Waals surface area (Å²) < 4.78 is 25.5. The van der Waals surface area contributed by atoms with Gasteiger partial charge in [0, 0.05) is 24.5 Å². The van der Waals surface area contributed by atoms with Crippen LogP contribution in [0, 0.1) is 17.8 Å². The molecule has 3 atom stereocenters. The number of fused-ring (bicyclic) bond motifs is 3. The van der Waals surface area contributed by atoms with E-state index in [1.165, 1.54) is 6.07 Å². The molecule has 0 saturated heterocycles. The van der Waals surface area contributed by atoms with Crippen LogP contribution in [0.15, 0.2) is 34.6 Å². The van der Waals surface area contributed by atoms with E-state index in [0.29, 0.717) is 35.1 Å². The molecule has 1 aromatic carbocycles. The van der Waals surface area contributed by atoms with Gasteiger partial charge in [-0.3, -0.25) is 14.4 Å². The van der Waals surface area contributed by atoms with Crippen LogP contribution in [0.25, 0.3) is 0 Å². The molecule has 0 aliphatic heterocycles. The Morgan fingerprint density at radius 1 is 1.22 bits per heavy atom. The fourth-order valence-electron chi connectivity index (χ4n) is 5.46. The van der Waals surface area contributed by atoms with Crippen LogP contribution in [0.3, 0.4) is 0 Å². The zero-order valence-electron chi connectivity index (χ0n) is 17.6. The topological polar surface area (TPSA) is 164 Å². The molecule has 1 aromatic rings. The van der Waals surface area contributed by atoms with Crippen molar-refractivity contribution in [2.45, 2.75) is 32.7 Å². The lowest BCUT2D eigenvalue weighted by atomic mass is 9.60. The van der Waals surface area contributed by atoms with E-state index in [0.717, 1.165) is 6.26 Å². The second-order valence-electron chi connectivity index (χ2n) is 8.74. The molecule has 4 rings (SSSR count). The van der Waals surface area contributed by atoms with Crippen LogP contribution < -0.4 is 10.5 Å². The minimum absolute atomic E-state index is 0.0183. The fourth-order valence-corrected chi connectivity index (χ4v) is 5.88. The summed E-state index contributed by atoms with van der Waals surface area (Å²) >= 11 is 0. The van der Waals surface area contributed by atoms with Gasteiger partial charge in [-0.2, -0.15) is 0 Å². The molecule has 0 radical (unpaired) electrons. The first-order chi connectivity index (χ1) is 14.9. The summed E-state index contributed by atoms with van der Waals surface area (Å²) in [5.74, 6) is -3.70. The minimum Gasteiger partial charge on any atom is -0.511 e. The van der Waals surface area contributed by atoms with Crippen LogP contribution >= 0.6 is 0 Å². The van der Waals surface area contributed by atoms with Gasteiger partial charge in [-0.25, -0.2) is 13.1 Å². The van der Waals surface area contributed by atoms with Gasteiger partial charge in [0.05, 0.1) is 11.8 Å². The van der Waals surface area contributed by atoms with Crippen molar-refractivity contribution in [2.24, 2.45) is 23.5 Å². The quantitative estimate of drug-likeness (QED) is 0.487. The number of aliphatic hydroxyl groups excluding tert-OH is 1. The summed E-state index contributed by atoms with van der Waals surface area (Å²) in [5.41, 5.74) is 7.17. The molecule has 0 aromatic heterocycles. The normalized spacial score (nSPS) is 25.4. The molecule has 1 amide bonds. The number of amides is 1. The summed E-state index contributed by atoms with van der Waals surface area (Å²) in [4.78, 5) is 37.6. The molecule has 3 aliphatic carbocycles. The summed E-state index contributed by atoms with van der Waals surface area (Å²) in [6.07, 6.45) is 1.89. The number of rotatable bonds is 4. The van der Waals surface area contributed by atoms with Crippen molar-refractivity contribution in [1.29, 1.82) is 0 Å². The lowest BCUT2D eigenvalue weighted by molar-refractivity contribution is -0.123. The number of benzene rings is 1. The maximum atomic E-state index is 13.5. The third kappa shape index (κ3) is 3.53. The van der Waals surface area contributed by atoms with Crippen molar-refractivity contribution in [2.75, 3.05) is 6.26 Å². The fraction of sp³-hybridized carbons (Fsp3) is 0.409. The van der Waals surface area contributed by atoms with Crippen molar-refractivity contribution < 1.29 is 33.0 Å². The second-order valence-corrected chi connectivity index (χ2v) is 10.6. The molecule has 32 heavy (non-hydrogen) atoms. The number of aliphatic hydroxyl groups is 1. The highest BCUT2D eigenvalue weighted by atomic mass is 32.2. The van der Waals surface area contributed by atoms with E-state index in [4.69, 9.17) is 5.73 Å². The molecule has 10 heteroatoms. The molecule has 0 bridgehead atoms. The number of phenolic OH excluding ortho intramolecular Hbond substituents is 1. The number of aromatic hydroxyl groups is 1. The predicted octanol–water partition coefficient (Wildman–Crippen LogP) is 1.02. The molecule has 0 fully saturated rings. The summed E-state index contributed by atoms with van der Waals surface area (Å²) in [7, 11) is -3.46. The molecule has 5 N–H and O–H groups in total. The lowest BCUT2D eigenvalue weighted by Gasteiger charge is -2.42. The standard InChI is InChI=1S/C22H24N2O7S/c1-9-16-11(5-12-7-15(26)19(22(23)29)21(28)17(9)12)6-13-10(8-24-32(2,30)31)3-4-14(25)18(13)20(16)27/h3-4,11-12,17,24-25,28H,5-8H2,1-2H3,(H2,23,29)/t11-,12+,17?/m1/s1. The van der Waals surface area contributed by atoms with Gasteiger partial charge in [-0.05, 0) is 48.8 Å². The average molecular weight is 461 g/mol.